The second-order valence-electron chi connectivity index (χ2n) is 9.62. The summed E-state index contributed by atoms with van der Waals surface area (Å²) in [4.78, 5) is 12.3. The summed E-state index contributed by atoms with van der Waals surface area (Å²) < 4.78 is 12.0. The van der Waals surface area contributed by atoms with Crippen molar-refractivity contribution in [1.82, 2.24) is 0 Å². The van der Waals surface area contributed by atoms with E-state index in [0.717, 1.165) is 16.8 Å². The van der Waals surface area contributed by atoms with Gasteiger partial charge in [0.25, 0.3) is 8.32 Å². The number of benzene rings is 2. The van der Waals surface area contributed by atoms with Crippen molar-refractivity contribution in [3.05, 3.63) is 73.0 Å². The lowest BCUT2D eigenvalue weighted by Gasteiger charge is -2.43. The van der Waals surface area contributed by atoms with Gasteiger partial charge in [0.1, 0.15) is 6.10 Å². The molecule has 3 nitrogen and oxygen atoms in total. The minimum Gasteiger partial charge on any atom is -0.495 e. The molecule has 1 unspecified atom stereocenters. The molecule has 2 atom stereocenters. The highest BCUT2D eigenvalue weighted by atomic mass is 28.4. The molecule has 156 valence electrons. The Morgan fingerprint density at radius 1 is 0.931 bits per heavy atom. The molecule has 3 rings (SSSR count). The fraction of sp³-hybridized carbons (Fsp3) is 0.417. The van der Waals surface area contributed by atoms with E-state index in [9.17, 15) is 4.80 Å². The zero-order valence-corrected chi connectivity index (χ0v) is 20.3. The Bertz CT molecular complexity index is 774. The summed E-state index contributed by atoms with van der Waals surface area (Å²) in [5, 5.41) is 1.80. The standard InChI is InChI=1S/C24H34O3Si2/c1-24(2,18-20-16-17-26-23(20)19-27-28(3,4)5)29(25,21-12-8-6-9-13-21)22-14-10-7-11-15-22/h6-17,20,23,25H,18-19H2,1-5H3/t20?,23-/m1/s1. The summed E-state index contributed by atoms with van der Waals surface area (Å²) in [7, 11) is -4.61. The molecule has 2 aromatic rings. The maximum absolute atomic E-state index is 12.3. The molecule has 2 aromatic carbocycles. The number of ether oxygens (including phenoxy) is 1. The van der Waals surface area contributed by atoms with Crippen LogP contribution in [0, 0.1) is 5.92 Å². The summed E-state index contributed by atoms with van der Waals surface area (Å²) in [5.74, 6) is 0.229. The van der Waals surface area contributed by atoms with E-state index in [0.29, 0.717) is 6.61 Å². The average Bonchev–Trinajstić information content (AvgIpc) is 3.12. The van der Waals surface area contributed by atoms with Crippen LogP contribution in [0.25, 0.3) is 0 Å². The van der Waals surface area contributed by atoms with E-state index >= 15 is 0 Å². The van der Waals surface area contributed by atoms with Crippen molar-refractivity contribution >= 4 is 27.0 Å². The maximum atomic E-state index is 12.3. The highest BCUT2D eigenvalue weighted by Crippen LogP contribution is 2.44. The lowest BCUT2D eigenvalue weighted by molar-refractivity contribution is 0.0701. The molecule has 1 N–H and O–H groups in total. The first kappa shape index (κ1) is 22.0. The van der Waals surface area contributed by atoms with Gasteiger partial charge in [-0.3, -0.25) is 0 Å². The smallest absolute Gasteiger partial charge is 0.258 e. The molecule has 0 bridgehead atoms. The molecular weight excluding hydrogens is 392 g/mol. The van der Waals surface area contributed by atoms with Gasteiger partial charge in [0, 0.05) is 5.92 Å². The van der Waals surface area contributed by atoms with E-state index in [4.69, 9.17) is 9.16 Å². The van der Waals surface area contributed by atoms with Gasteiger partial charge in [-0.25, -0.2) is 0 Å². The largest absolute Gasteiger partial charge is 0.495 e. The van der Waals surface area contributed by atoms with Crippen LogP contribution in [0.3, 0.4) is 0 Å². The molecule has 1 heterocycles. The zero-order valence-electron chi connectivity index (χ0n) is 18.3. The molecular formula is C24H34O3Si2. The van der Waals surface area contributed by atoms with Crippen molar-refractivity contribution < 1.29 is 14.0 Å². The third-order valence-electron chi connectivity index (χ3n) is 5.85. The van der Waals surface area contributed by atoms with Gasteiger partial charge in [0.15, 0.2) is 8.32 Å². The Morgan fingerprint density at radius 3 is 1.93 bits per heavy atom. The fourth-order valence-corrected chi connectivity index (χ4v) is 8.65. The van der Waals surface area contributed by atoms with E-state index in [-0.39, 0.29) is 17.1 Å². The van der Waals surface area contributed by atoms with Gasteiger partial charge in [0.05, 0.1) is 12.9 Å². The molecule has 0 aromatic heterocycles. The van der Waals surface area contributed by atoms with E-state index in [1.807, 2.05) is 42.7 Å². The summed E-state index contributed by atoms with van der Waals surface area (Å²) in [6, 6.07) is 20.4. The third-order valence-corrected chi connectivity index (χ3v) is 11.4. The van der Waals surface area contributed by atoms with Crippen LogP contribution < -0.4 is 10.4 Å². The molecule has 0 aliphatic carbocycles. The lowest BCUT2D eigenvalue weighted by Crippen LogP contribution is -2.65. The maximum Gasteiger partial charge on any atom is 0.258 e. The molecule has 0 saturated heterocycles. The Kier molecular flexibility index (Phi) is 6.53. The highest BCUT2D eigenvalue weighted by Gasteiger charge is 2.51. The minimum absolute atomic E-state index is 0.0193. The number of hydrogen-bond donors (Lipinski definition) is 1. The summed E-state index contributed by atoms with van der Waals surface area (Å²) in [5.41, 5.74) is 0. The van der Waals surface area contributed by atoms with Gasteiger partial charge in [-0.15, -0.1) is 0 Å². The Morgan fingerprint density at radius 2 is 1.45 bits per heavy atom. The van der Waals surface area contributed by atoms with Crippen molar-refractivity contribution in [2.24, 2.45) is 5.92 Å². The van der Waals surface area contributed by atoms with E-state index in [2.05, 4.69) is 63.8 Å². The van der Waals surface area contributed by atoms with Crippen LogP contribution in [0.4, 0.5) is 0 Å². The Hall–Kier alpha value is -1.67. The van der Waals surface area contributed by atoms with Crippen LogP contribution >= 0.6 is 0 Å². The minimum atomic E-state index is -3.01. The first-order valence-corrected chi connectivity index (χ1v) is 15.8. The normalized spacial score (nSPS) is 19.9. The molecule has 1 aliphatic rings. The molecule has 0 fully saturated rings. The number of hydrogen-bond acceptors (Lipinski definition) is 3. The Balaban J connectivity index is 1.90. The summed E-state index contributed by atoms with van der Waals surface area (Å²) >= 11 is 0. The number of rotatable bonds is 8. The van der Waals surface area contributed by atoms with Crippen LogP contribution in [-0.4, -0.2) is 34.1 Å². The van der Waals surface area contributed by atoms with Gasteiger partial charge in [0.2, 0.25) is 0 Å². The van der Waals surface area contributed by atoms with Crippen LogP contribution in [0.5, 0.6) is 0 Å². The van der Waals surface area contributed by atoms with Crippen molar-refractivity contribution in [3.63, 3.8) is 0 Å². The second-order valence-corrected chi connectivity index (χ2v) is 18.1. The van der Waals surface area contributed by atoms with Crippen LogP contribution in [0.1, 0.15) is 20.3 Å². The SMILES string of the molecule is CC(C)(CC1C=CO[C@@H]1CO[Si](C)(C)C)[Si](O)(c1ccccc1)c1ccccc1. The topological polar surface area (TPSA) is 38.7 Å². The van der Waals surface area contributed by atoms with Crippen LogP contribution in [-0.2, 0) is 9.16 Å². The average molecular weight is 427 g/mol. The van der Waals surface area contributed by atoms with Gasteiger partial charge in [-0.05, 0) is 47.5 Å². The van der Waals surface area contributed by atoms with Crippen LogP contribution in [0.2, 0.25) is 24.7 Å². The molecule has 29 heavy (non-hydrogen) atoms. The van der Waals surface area contributed by atoms with Crippen LogP contribution in [0.15, 0.2) is 73.0 Å². The van der Waals surface area contributed by atoms with Crippen molar-refractivity contribution in [2.75, 3.05) is 6.61 Å². The predicted octanol–water partition coefficient (Wildman–Crippen LogP) is 4.29. The molecule has 0 amide bonds. The monoisotopic (exact) mass is 426 g/mol. The third kappa shape index (κ3) is 4.91. The summed E-state index contributed by atoms with van der Waals surface area (Å²) in [6.07, 6.45) is 4.82. The van der Waals surface area contributed by atoms with Gasteiger partial charge in [-0.1, -0.05) is 74.5 Å². The van der Waals surface area contributed by atoms with E-state index in [1.165, 1.54) is 0 Å². The Labute approximate surface area is 177 Å². The quantitative estimate of drug-likeness (QED) is 0.640. The van der Waals surface area contributed by atoms with Crippen molar-refractivity contribution in [2.45, 2.75) is 51.1 Å². The van der Waals surface area contributed by atoms with Crippen molar-refractivity contribution in [3.8, 4) is 0 Å². The van der Waals surface area contributed by atoms with E-state index in [1.54, 1.807) is 0 Å². The first-order chi connectivity index (χ1) is 13.6. The molecule has 5 heteroatoms. The van der Waals surface area contributed by atoms with Gasteiger partial charge >= 0.3 is 0 Å². The second kappa shape index (κ2) is 8.60. The molecule has 0 radical (unpaired) electrons. The van der Waals surface area contributed by atoms with Crippen molar-refractivity contribution in [1.29, 1.82) is 0 Å². The van der Waals surface area contributed by atoms with Gasteiger partial charge < -0.3 is 14.0 Å². The highest BCUT2D eigenvalue weighted by molar-refractivity contribution is 6.98. The lowest BCUT2D eigenvalue weighted by atomic mass is 9.92. The van der Waals surface area contributed by atoms with Gasteiger partial charge in [-0.2, -0.15) is 0 Å². The first-order valence-electron chi connectivity index (χ1n) is 10.4. The fourth-order valence-electron chi connectivity index (χ4n) is 4.21. The molecule has 0 saturated carbocycles. The van der Waals surface area contributed by atoms with E-state index < -0.39 is 16.6 Å². The zero-order chi connectivity index (χ0) is 21.1. The summed E-state index contributed by atoms with van der Waals surface area (Å²) in [6.45, 7) is 11.6. The molecule has 1 aliphatic heterocycles. The predicted molar refractivity (Wildman–Crippen MR) is 126 cm³/mol. The molecule has 0 spiro atoms.